The number of rotatable bonds is 9. The molecule has 0 radical (unpaired) electrons. The van der Waals surface area contributed by atoms with Gasteiger partial charge in [0.25, 0.3) is 0 Å². The summed E-state index contributed by atoms with van der Waals surface area (Å²) in [4.78, 5) is 2.35. The molecule has 0 saturated carbocycles. The number of anilines is 1. The van der Waals surface area contributed by atoms with Crippen LogP contribution in [0.1, 0.15) is 37.8 Å². The van der Waals surface area contributed by atoms with Crippen molar-refractivity contribution in [2.45, 2.75) is 39.3 Å². The van der Waals surface area contributed by atoms with Crippen molar-refractivity contribution in [1.82, 2.24) is 0 Å². The van der Waals surface area contributed by atoms with Crippen LogP contribution in [0.15, 0.2) is 84.9 Å². The van der Waals surface area contributed by atoms with Crippen LogP contribution in [-0.4, -0.2) is 12.8 Å². The Balaban J connectivity index is 1.78. The van der Waals surface area contributed by atoms with Crippen molar-refractivity contribution < 1.29 is 4.74 Å². The van der Waals surface area contributed by atoms with Crippen molar-refractivity contribution in [2.24, 2.45) is 0 Å². The maximum absolute atomic E-state index is 6.46. The van der Waals surface area contributed by atoms with E-state index in [0.717, 1.165) is 25.1 Å². The molecule has 0 aliphatic carbocycles. The van der Waals surface area contributed by atoms with Crippen molar-refractivity contribution in [3.63, 3.8) is 0 Å². The first-order valence-corrected chi connectivity index (χ1v) is 9.88. The van der Waals surface area contributed by atoms with Gasteiger partial charge in [-0.05, 0) is 42.7 Å². The summed E-state index contributed by atoms with van der Waals surface area (Å²) in [5.41, 5.74) is 3.73. The highest BCUT2D eigenvalue weighted by molar-refractivity contribution is 5.47. The number of nitrogens with zero attached hydrogens (tertiary/aromatic N) is 1. The number of hydrogen-bond donors (Lipinski definition) is 0. The lowest BCUT2D eigenvalue weighted by atomic mass is 10.0. The highest BCUT2D eigenvalue weighted by atomic mass is 16.5. The van der Waals surface area contributed by atoms with Crippen LogP contribution in [0.2, 0.25) is 0 Å². The van der Waals surface area contributed by atoms with Gasteiger partial charge in [0.05, 0.1) is 0 Å². The molecule has 3 aromatic carbocycles. The van der Waals surface area contributed by atoms with Gasteiger partial charge in [-0.3, -0.25) is 0 Å². The molecule has 0 saturated heterocycles. The number of hydrogen-bond acceptors (Lipinski definition) is 2. The molecule has 27 heavy (non-hydrogen) atoms. The molecule has 140 valence electrons. The van der Waals surface area contributed by atoms with Gasteiger partial charge in [-0.1, -0.05) is 80.1 Å². The standard InChI is InChI=1S/C25H29NO/c1-3-4-19-26(24-16-9-6-10-17-24)21(2)27-25-18-12-11-15-23(25)20-22-13-7-5-8-14-22/h5-18,21H,3-4,19-20H2,1-2H3. The minimum absolute atomic E-state index is 0.0316. The summed E-state index contributed by atoms with van der Waals surface area (Å²) in [5.74, 6) is 0.964. The quantitative estimate of drug-likeness (QED) is 0.415. The van der Waals surface area contributed by atoms with Crippen LogP contribution in [0.5, 0.6) is 5.75 Å². The van der Waals surface area contributed by atoms with E-state index >= 15 is 0 Å². The first-order valence-electron chi connectivity index (χ1n) is 9.88. The summed E-state index contributed by atoms with van der Waals surface area (Å²) >= 11 is 0. The highest BCUT2D eigenvalue weighted by Gasteiger charge is 2.17. The van der Waals surface area contributed by atoms with Crippen LogP contribution >= 0.6 is 0 Å². The van der Waals surface area contributed by atoms with E-state index in [1.807, 2.05) is 0 Å². The molecule has 1 unspecified atom stereocenters. The van der Waals surface area contributed by atoms with Gasteiger partial charge in [0, 0.05) is 18.7 Å². The molecule has 2 heteroatoms. The molecule has 0 fully saturated rings. The zero-order valence-electron chi connectivity index (χ0n) is 16.3. The monoisotopic (exact) mass is 359 g/mol. The van der Waals surface area contributed by atoms with Gasteiger partial charge in [0.15, 0.2) is 6.23 Å². The van der Waals surface area contributed by atoms with Gasteiger partial charge in [-0.2, -0.15) is 0 Å². The van der Waals surface area contributed by atoms with E-state index in [1.54, 1.807) is 0 Å². The molecule has 1 atom stereocenters. The maximum Gasteiger partial charge on any atom is 0.169 e. The Labute approximate surface area is 163 Å². The zero-order valence-corrected chi connectivity index (χ0v) is 16.3. The van der Waals surface area contributed by atoms with Crippen LogP contribution in [0.25, 0.3) is 0 Å². The molecule has 2 nitrogen and oxygen atoms in total. The van der Waals surface area contributed by atoms with Crippen LogP contribution in [0.3, 0.4) is 0 Å². The van der Waals surface area contributed by atoms with E-state index in [2.05, 4.69) is 104 Å². The molecule has 0 bridgehead atoms. The van der Waals surface area contributed by atoms with Crippen molar-refractivity contribution in [3.05, 3.63) is 96.1 Å². The Bertz CT molecular complexity index is 801. The Hall–Kier alpha value is -2.74. The van der Waals surface area contributed by atoms with Crippen LogP contribution in [-0.2, 0) is 6.42 Å². The average Bonchev–Trinajstić information content (AvgIpc) is 2.71. The molecular formula is C25H29NO. The molecular weight excluding hydrogens is 330 g/mol. The minimum Gasteiger partial charge on any atom is -0.471 e. The number of unbranched alkanes of at least 4 members (excludes halogenated alkanes) is 1. The fourth-order valence-electron chi connectivity index (χ4n) is 3.30. The van der Waals surface area contributed by atoms with Gasteiger partial charge in [-0.15, -0.1) is 0 Å². The Morgan fingerprint density at radius 2 is 1.44 bits per heavy atom. The fourth-order valence-corrected chi connectivity index (χ4v) is 3.30. The Morgan fingerprint density at radius 1 is 0.815 bits per heavy atom. The van der Waals surface area contributed by atoms with E-state index in [1.165, 1.54) is 23.2 Å². The van der Waals surface area contributed by atoms with Gasteiger partial charge in [-0.25, -0.2) is 0 Å². The lowest BCUT2D eigenvalue weighted by Gasteiger charge is -2.32. The molecule has 3 rings (SSSR count). The van der Waals surface area contributed by atoms with Crippen molar-refractivity contribution in [1.29, 1.82) is 0 Å². The normalized spacial score (nSPS) is 11.8. The number of para-hydroxylation sites is 2. The lowest BCUT2D eigenvalue weighted by molar-refractivity contribution is 0.212. The lowest BCUT2D eigenvalue weighted by Crippen LogP contribution is -2.38. The van der Waals surface area contributed by atoms with Crippen molar-refractivity contribution >= 4 is 5.69 Å². The summed E-state index contributed by atoms with van der Waals surface area (Å²) in [6.45, 7) is 5.36. The van der Waals surface area contributed by atoms with Crippen LogP contribution in [0, 0.1) is 0 Å². The summed E-state index contributed by atoms with van der Waals surface area (Å²) < 4.78 is 6.46. The van der Waals surface area contributed by atoms with Crippen molar-refractivity contribution in [3.8, 4) is 5.75 Å². The van der Waals surface area contributed by atoms with Crippen LogP contribution < -0.4 is 9.64 Å². The third kappa shape index (κ3) is 5.37. The third-order valence-electron chi connectivity index (χ3n) is 4.79. The second kappa shape index (κ2) is 9.82. The first kappa shape index (κ1) is 19.0. The summed E-state index contributed by atoms with van der Waals surface area (Å²) in [7, 11) is 0. The predicted octanol–water partition coefficient (Wildman–Crippen LogP) is 6.31. The van der Waals surface area contributed by atoms with E-state index < -0.39 is 0 Å². The van der Waals surface area contributed by atoms with Gasteiger partial charge >= 0.3 is 0 Å². The molecule has 0 N–H and O–H groups in total. The highest BCUT2D eigenvalue weighted by Crippen LogP contribution is 2.25. The largest absolute Gasteiger partial charge is 0.471 e. The molecule has 3 aromatic rings. The molecule has 0 heterocycles. The first-order chi connectivity index (χ1) is 13.3. The van der Waals surface area contributed by atoms with E-state index in [4.69, 9.17) is 4.74 Å². The molecule has 0 aromatic heterocycles. The maximum atomic E-state index is 6.46. The minimum atomic E-state index is -0.0316. The summed E-state index contributed by atoms with van der Waals surface area (Å²) in [6, 6.07) is 29.5. The smallest absolute Gasteiger partial charge is 0.169 e. The number of benzene rings is 3. The third-order valence-corrected chi connectivity index (χ3v) is 4.79. The topological polar surface area (TPSA) is 12.5 Å². The molecule has 0 aliphatic rings. The average molecular weight is 360 g/mol. The van der Waals surface area contributed by atoms with Gasteiger partial charge < -0.3 is 9.64 Å². The van der Waals surface area contributed by atoms with E-state index in [-0.39, 0.29) is 6.23 Å². The van der Waals surface area contributed by atoms with Crippen molar-refractivity contribution in [2.75, 3.05) is 11.4 Å². The molecule has 0 aliphatic heterocycles. The Morgan fingerprint density at radius 3 is 2.15 bits per heavy atom. The predicted molar refractivity (Wildman–Crippen MR) is 114 cm³/mol. The summed E-state index contributed by atoms with van der Waals surface area (Å²) in [5, 5.41) is 0. The second-order valence-electron chi connectivity index (χ2n) is 6.87. The van der Waals surface area contributed by atoms with Crippen LogP contribution in [0.4, 0.5) is 5.69 Å². The van der Waals surface area contributed by atoms with E-state index in [0.29, 0.717) is 0 Å². The van der Waals surface area contributed by atoms with Gasteiger partial charge in [0.2, 0.25) is 0 Å². The molecule has 0 spiro atoms. The zero-order chi connectivity index (χ0) is 18.9. The Kier molecular flexibility index (Phi) is 6.92. The van der Waals surface area contributed by atoms with Gasteiger partial charge in [0.1, 0.15) is 5.75 Å². The number of ether oxygens (including phenoxy) is 1. The summed E-state index contributed by atoms with van der Waals surface area (Å²) in [6.07, 6.45) is 3.16. The molecule has 0 amide bonds. The van der Waals surface area contributed by atoms with E-state index in [9.17, 15) is 0 Å². The fraction of sp³-hybridized carbons (Fsp3) is 0.280. The SMILES string of the molecule is CCCCN(c1ccccc1)C(C)Oc1ccccc1Cc1ccccc1. The second-order valence-corrected chi connectivity index (χ2v) is 6.87.